The number of amidine groups is 1. The maximum atomic E-state index is 12.5. The van der Waals surface area contributed by atoms with Crippen LogP contribution in [0.25, 0.3) is 6.08 Å². The van der Waals surface area contributed by atoms with Crippen molar-refractivity contribution in [2.24, 2.45) is 10.9 Å². The highest BCUT2D eigenvalue weighted by molar-refractivity contribution is 8.18. The number of hydrogen-bond acceptors (Lipinski definition) is 5. The van der Waals surface area contributed by atoms with Crippen LogP contribution in [0.2, 0.25) is 0 Å². The van der Waals surface area contributed by atoms with Gasteiger partial charge in [0.05, 0.1) is 12.0 Å². The lowest BCUT2D eigenvalue weighted by Gasteiger charge is -2.31. The van der Waals surface area contributed by atoms with Crippen molar-refractivity contribution in [3.63, 3.8) is 0 Å². The highest BCUT2D eigenvalue weighted by atomic mass is 32.2. The molecular weight excluding hydrogens is 408 g/mol. The van der Waals surface area contributed by atoms with Gasteiger partial charge in [0.1, 0.15) is 6.61 Å². The summed E-state index contributed by atoms with van der Waals surface area (Å²) in [6.07, 6.45) is 4.27. The molecule has 0 aromatic heterocycles. The number of amides is 1. The lowest BCUT2D eigenvalue weighted by Crippen LogP contribution is -2.37. The van der Waals surface area contributed by atoms with Crippen LogP contribution in [0.4, 0.5) is 0 Å². The van der Waals surface area contributed by atoms with Crippen LogP contribution in [0, 0.1) is 12.8 Å². The summed E-state index contributed by atoms with van der Waals surface area (Å²) in [4.78, 5) is 19.6. The third-order valence-electron chi connectivity index (χ3n) is 5.54. The molecule has 1 atom stereocenters. The number of carbonyl (C=O) groups excluding carboxylic acids is 1. The first kappa shape index (κ1) is 21.5. The summed E-state index contributed by atoms with van der Waals surface area (Å²) in [6.45, 7) is 6.72. The van der Waals surface area contributed by atoms with Crippen LogP contribution in [-0.2, 0) is 11.4 Å². The summed E-state index contributed by atoms with van der Waals surface area (Å²) in [6, 6.07) is 14.0. The van der Waals surface area contributed by atoms with Crippen molar-refractivity contribution in [2.75, 3.05) is 20.2 Å². The third kappa shape index (κ3) is 5.31. The summed E-state index contributed by atoms with van der Waals surface area (Å²) in [5, 5.41) is 0.827. The Morgan fingerprint density at radius 2 is 2.00 bits per heavy atom. The summed E-state index contributed by atoms with van der Waals surface area (Å²) in [5.74, 6) is 1.78. The normalized spacial score (nSPS) is 20.2. The average molecular weight is 437 g/mol. The number of aryl methyl sites for hydroxylation is 1. The summed E-state index contributed by atoms with van der Waals surface area (Å²) in [5.41, 5.74) is 3.21. The fourth-order valence-electron chi connectivity index (χ4n) is 3.79. The smallest absolute Gasteiger partial charge is 0.286 e. The van der Waals surface area contributed by atoms with Gasteiger partial charge in [-0.1, -0.05) is 42.8 Å². The number of hydrogen-bond donors (Lipinski definition) is 0. The van der Waals surface area contributed by atoms with Crippen molar-refractivity contribution in [3.8, 4) is 11.5 Å². The SMILES string of the molecule is COc1cc(/C=C2\SC(N3CCCC(C)C3)=NC2=O)ccc1OCc1ccc(C)cc1. The molecule has 1 amide bonds. The molecule has 6 heteroatoms. The van der Waals surface area contributed by atoms with Crippen molar-refractivity contribution in [1.82, 2.24) is 4.90 Å². The van der Waals surface area contributed by atoms with E-state index in [1.165, 1.54) is 23.7 Å². The minimum atomic E-state index is -0.170. The minimum absolute atomic E-state index is 0.170. The van der Waals surface area contributed by atoms with E-state index in [1.54, 1.807) is 7.11 Å². The molecule has 31 heavy (non-hydrogen) atoms. The summed E-state index contributed by atoms with van der Waals surface area (Å²) in [7, 11) is 1.62. The number of carbonyl (C=O) groups is 1. The van der Waals surface area contributed by atoms with Gasteiger partial charge in [0, 0.05) is 13.1 Å². The van der Waals surface area contributed by atoms with Gasteiger partial charge in [0.2, 0.25) is 0 Å². The van der Waals surface area contributed by atoms with E-state index >= 15 is 0 Å². The molecule has 4 rings (SSSR count). The van der Waals surface area contributed by atoms with Gasteiger partial charge in [0.15, 0.2) is 16.7 Å². The topological polar surface area (TPSA) is 51.1 Å². The Morgan fingerprint density at radius 1 is 1.19 bits per heavy atom. The predicted octanol–water partition coefficient (Wildman–Crippen LogP) is 5.28. The maximum absolute atomic E-state index is 12.5. The fraction of sp³-hybridized carbons (Fsp3) is 0.360. The van der Waals surface area contributed by atoms with Gasteiger partial charge in [0.25, 0.3) is 5.91 Å². The van der Waals surface area contributed by atoms with E-state index in [-0.39, 0.29) is 5.91 Å². The molecule has 162 valence electrons. The minimum Gasteiger partial charge on any atom is -0.493 e. The fourth-order valence-corrected chi connectivity index (χ4v) is 4.73. The van der Waals surface area contributed by atoms with Gasteiger partial charge in [-0.3, -0.25) is 4.79 Å². The molecule has 0 spiro atoms. The van der Waals surface area contributed by atoms with Gasteiger partial charge in [-0.2, -0.15) is 4.99 Å². The Bertz CT molecular complexity index is 1010. The monoisotopic (exact) mass is 436 g/mol. The van der Waals surface area contributed by atoms with E-state index < -0.39 is 0 Å². The van der Waals surface area contributed by atoms with E-state index in [2.05, 4.69) is 48.0 Å². The molecule has 0 bridgehead atoms. The predicted molar refractivity (Wildman–Crippen MR) is 126 cm³/mol. The Morgan fingerprint density at radius 3 is 2.74 bits per heavy atom. The van der Waals surface area contributed by atoms with Crippen molar-refractivity contribution < 1.29 is 14.3 Å². The van der Waals surface area contributed by atoms with Gasteiger partial charge in [-0.15, -0.1) is 0 Å². The lowest BCUT2D eigenvalue weighted by molar-refractivity contribution is -0.113. The lowest BCUT2D eigenvalue weighted by atomic mass is 10.0. The molecule has 2 aliphatic rings. The number of rotatable bonds is 5. The first-order chi connectivity index (χ1) is 15.0. The highest BCUT2D eigenvalue weighted by Gasteiger charge is 2.28. The molecule has 0 N–H and O–H groups in total. The maximum Gasteiger partial charge on any atom is 0.286 e. The molecule has 0 saturated carbocycles. The number of piperidine rings is 1. The number of nitrogens with zero attached hydrogens (tertiary/aromatic N) is 2. The molecule has 2 aromatic rings. The first-order valence-electron chi connectivity index (χ1n) is 10.7. The Balaban J connectivity index is 1.44. The Kier molecular flexibility index (Phi) is 6.66. The summed E-state index contributed by atoms with van der Waals surface area (Å²) >= 11 is 1.46. The number of benzene rings is 2. The molecule has 0 radical (unpaired) electrons. The zero-order valence-electron chi connectivity index (χ0n) is 18.3. The van der Waals surface area contributed by atoms with Gasteiger partial charge >= 0.3 is 0 Å². The molecule has 1 fully saturated rings. The van der Waals surface area contributed by atoms with Gasteiger partial charge in [-0.25, -0.2) is 0 Å². The van der Waals surface area contributed by atoms with Crippen LogP contribution in [0.3, 0.4) is 0 Å². The molecule has 5 nitrogen and oxygen atoms in total. The average Bonchev–Trinajstić information content (AvgIpc) is 3.14. The van der Waals surface area contributed by atoms with Gasteiger partial charge in [-0.05, 0) is 66.8 Å². The number of ether oxygens (including phenoxy) is 2. The van der Waals surface area contributed by atoms with Gasteiger partial charge < -0.3 is 14.4 Å². The van der Waals surface area contributed by atoms with Crippen LogP contribution in [0.1, 0.15) is 36.5 Å². The molecule has 0 aliphatic carbocycles. The first-order valence-corrected chi connectivity index (χ1v) is 11.5. The Labute approximate surface area is 188 Å². The van der Waals surface area contributed by atoms with E-state index in [0.29, 0.717) is 28.9 Å². The zero-order chi connectivity index (χ0) is 21.8. The van der Waals surface area contributed by atoms with Crippen molar-refractivity contribution in [3.05, 3.63) is 64.1 Å². The van der Waals surface area contributed by atoms with Crippen LogP contribution in [-0.4, -0.2) is 36.2 Å². The Hall–Kier alpha value is -2.73. The van der Waals surface area contributed by atoms with Crippen molar-refractivity contribution >= 4 is 28.9 Å². The molecule has 2 aromatic carbocycles. The second-order valence-corrected chi connectivity index (χ2v) is 9.20. The van der Waals surface area contributed by atoms with Crippen molar-refractivity contribution in [2.45, 2.75) is 33.3 Å². The molecule has 2 aliphatic heterocycles. The molecule has 1 saturated heterocycles. The largest absolute Gasteiger partial charge is 0.493 e. The van der Waals surface area contributed by atoms with Crippen LogP contribution in [0.5, 0.6) is 11.5 Å². The van der Waals surface area contributed by atoms with E-state index in [4.69, 9.17) is 9.47 Å². The van der Waals surface area contributed by atoms with Crippen molar-refractivity contribution in [1.29, 1.82) is 0 Å². The number of aliphatic imine (C=N–C) groups is 1. The summed E-state index contributed by atoms with van der Waals surface area (Å²) < 4.78 is 11.5. The number of likely N-dealkylation sites (tertiary alicyclic amines) is 1. The molecular formula is C25H28N2O3S. The highest BCUT2D eigenvalue weighted by Crippen LogP contribution is 2.34. The molecule has 1 unspecified atom stereocenters. The standard InChI is InChI=1S/C25H28N2O3S/c1-17-6-8-19(9-7-17)16-30-21-11-10-20(13-22(21)29-3)14-23-24(28)26-25(31-23)27-12-4-5-18(2)15-27/h6-11,13-14,18H,4-5,12,15-16H2,1-3H3/b23-14-. The number of methoxy groups -OCH3 is 1. The van der Waals surface area contributed by atoms with Crippen LogP contribution >= 0.6 is 11.8 Å². The van der Waals surface area contributed by atoms with E-state index in [0.717, 1.165) is 35.8 Å². The second kappa shape index (κ2) is 9.60. The van der Waals surface area contributed by atoms with E-state index in [9.17, 15) is 4.79 Å². The zero-order valence-corrected chi connectivity index (χ0v) is 19.1. The number of thioether (sulfide) groups is 1. The molecule has 2 heterocycles. The quantitative estimate of drug-likeness (QED) is 0.597. The third-order valence-corrected chi connectivity index (χ3v) is 6.58. The second-order valence-electron chi connectivity index (χ2n) is 8.19. The van der Waals surface area contributed by atoms with Crippen LogP contribution < -0.4 is 9.47 Å². The van der Waals surface area contributed by atoms with Crippen LogP contribution in [0.15, 0.2) is 52.4 Å². The van der Waals surface area contributed by atoms with E-state index in [1.807, 2.05) is 24.3 Å².